The molecule has 4 nitrogen and oxygen atoms in total. The molecule has 0 spiro atoms. The number of nitrogens with zero attached hydrogens (tertiary/aromatic N) is 2. The van der Waals surface area contributed by atoms with Crippen LogP contribution in [0.15, 0.2) is 35.6 Å². The van der Waals surface area contributed by atoms with Gasteiger partial charge in [0.05, 0.1) is 11.3 Å². The maximum atomic E-state index is 12.4. The zero-order valence-electron chi connectivity index (χ0n) is 13.9. The van der Waals surface area contributed by atoms with Gasteiger partial charge in [0.1, 0.15) is 11.4 Å². The van der Waals surface area contributed by atoms with Crippen molar-refractivity contribution < 1.29 is 4.79 Å². The van der Waals surface area contributed by atoms with Gasteiger partial charge in [-0.15, -0.1) is 0 Å². The lowest BCUT2D eigenvalue weighted by atomic mass is 9.84. The molecule has 1 amide bonds. The lowest BCUT2D eigenvalue weighted by Gasteiger charge is -2.28. The monoisotopic (exact) mass is 341 g/mol. The predicted molar refractivity (Wildman–Crippen MR) is 96.8 cm³/mol. The van der Waals surface area contributed by atoms with Crippen LogP contribution in [0.5, 0.6) is 0 Å². The molecule has 1 N–H and O–H groups in total. The van der Waals surface area contributed by atoms with Crippen molar-refractivity contribution in [3.05, 3.63) is 30.6 Å². The van der Waals surface area contributed by atoms with Crippen molar-refractivity contribution in [3.8, 4) is 0 Å². The molecular formula is C19H23N3OS. The number of rotatable bonds is 5. The van der Waals surface area contributed by atoms with Crippen molar-refractivity contribution in [1.29, 1.82) is 0 Å². The standard InChI is InChI=1S/C19H23N3OS/c1-12(16-9-13-6-7-14(16)8-13)22-18(23)10-24-19-15-4-2-3-5-17(15)20-11-21-19/h2-5,11-14,16H,6-10H2,1H3,(H,22,23). The molecule has 4 rings (SSSR count). The molecule has 1 heterocycles. The van der Waals surface area contributed by atoms with Crippen molar-refractivity contribution in [2.75, 3.05) is 5.75 Å². The molecule has 1 aromatic heterocycles. The van der Waals surface area contributed by atoms with E-state index < -0.39 is 0 Å². The second-order valence-corrected chi connectivity index (χ2v) is 8.14. The Labute approximate surface area is 146 Å². The Kier molecular flexibility index (Phi) is 4.44. The van der Waals surface area contributed by atoms with E-state index in [1.807, 2.05) is 24.3 Å². The van der Waals surface area contributed by atoms with Crippen LogP contribution < -0.4 is 5.32 Å². The molecule has 5 heteroatoms. The molecule has 4 unspecified atom stereocenters. The molecule has 1 aromatic carbocycles. The molecule has 2 fully saturated rings. The van der Waals surface area contributed by atoms with Crippen LogP contribution in [0.25, 0.3) is 10.9 Å². The number of thioether (sulfide) groups is 1. The van der Waals surface area contributed by atoms with Gasteiger partial charge in [-0.2, -0.15) is 0 Å². The molecule has 2 saturated carbocycles. The zero-order chi connectivity index (χ0) is 16.5. The fraction of sp³-hybridized carbons (Fsp3) is 0.526. The fourth-order valence-corrected chi connectivity index (χ4v) is 5.34. The van der Waals surface area contributed by atoms with Gasteiger partial charge in [0.2, 0.25) is 5.91 Å². The predicted octanol–water partition coefficient (Wildman–Crippen LogP) is 3.66. The third kappa shape index (κ3) is 3.14. The molecule has 2 aliphatic rings. The van der Waals surface area contributed by atoms with Gasteiger partial charge >= 0.3 is 0 Å². The van der Waals surface area contributed by atoms with E-state index in [1.54, 1.807) is 6.33 Å². The van der Waals surface area contributed by atoms with Gasteiger partial charge < -0.3 is 5.32 Å². The Bertz CT molecular complexity index is 745. The van der Waals surface area contributed by atoms with E-state index in [0.717, 1.165) is 27.8 Å². The normalized spacial score (nSPS) is 26.6. The Morgan fingerprint density at radius 2 is 2.17 bits per heavy atom. The summed E-state index contributed by atoms with van der Waals surface area (Å²) >= 11 is 1.49. The van der Waals surface area contributed by atoms with Gasteiger partial charge in [-0.1, -0.05) is 36.4 Å². The van der Waals surface area contributed by atoms with E-state index in [2.05, 4.69) is 22.2 Å². The van der Waals surface area contributed by atoms with E-state index in [9.17, 15) is 4.79 Å². The number of nitrogens with one attached hydrogen (secondary N) is 1. The molecule has 0 saturated heterocycles. The molecule has 4 atom stereocenters. The summed E-state index contributed by atoms with van der Waals surface area (Å²) in [6.07, 6.45) is 7.01. The first kappa shape index (κ1) is 15.9. The highest BCUT2D eigenvalue weighted by molar-refractivity contribution is 8.00. The summed E-state index contributed by atoms with van der Waals surface area (Å²) in [5.41, 5.74) is 0.922. The van der Waals surface area contributed by atoms with E-state index in [1.165, 1.54) is 37.4 Å². The van der Waals surface area contributed by atoms with Gasteiger partial charge in [0.15, 0.2) is 0 Å². The van der Waals surface area contributed by atoms with Crippen molar-refractivity contribution in [2.24, 2.45) is 17.8 Å². The average Bonchev–Trinajstić information content (AvgIpc) is 3.23. The van der Waals surface area contributed by atoms with Gasteiger partial charge in [-0.25, -0.2) is 9.97 Å². The number of hydrogen-bond donors (Lipinski definition) is 1. The van der Waals surface area contributed by atoms with Gasteiger partial charge in [-0.05, 0) is 50.0 Å². The molecule has 0 radical (unpaired) electrons. The molecular weight excluding hydrogens is 318 g/mol. The van der Waals surface area contributed by atoms with Crippen molar-refractivity contribution in [2.45, 2.75) is 43.7 Å². The minimum absolute atomic E-state index is 0.109. The highest BCUT2D eigenvalue weighted by Crippen LogP contribution is 2.49. The topological polar surface area (TPSA) is 54.9 Å². The molecule has 2 bridgehead atoms. The summed E-state index contributed by atoms with van der Waals surface area (Å²) in [7, 11) is 0. The summed E-state index contributed by atoms with van der Waals surface area (Å²) in [4.78, 5) is 21.0. The van der Waals surface area contributed by atoms with E-state index >= 15 is 0 Å². The Morgan fingerprint density at radius 3 is 2.96 bits per heavy atom. The summed E-state index contributed by atoms with van der Waals surface area (Å²) in [5, 5.41) is 5.11. The van der Waals surface area contributed by atoms with Crippen LogP contribution in [-0.4, -0.2) is 27.7 Å². The third-order valence-electron chi connectivity index (χ3n) is 5.67. The Balaban J connectivity index is 1.34. The average molecular weight is 341 g/mol. The number of aromatic nitrogens is 2. The number of fused-ring (bicyclic) bond motifs is 3. The quantitative estimate of drug-likeness (QED) is 0.666. The summed E-state index contributed by atoms with van der Waals surface area (Å²) in [6.45, 7) is 2.17. The maximum Gasteiger partial charge on any atom is 0.230 e. The number of benzene rings is 1. The molecule has 126 valence electrons. The molecule has 24 heavy (non-hydrogen) atoms. The molecule has 2 aliphatic carbocycles. The maximum absolute atomic E-state index is 12.4. The number of hydrogen-bond acceptors (Lipinski definition) is 4. The Morgan fingerprint density at radius 1 is 1.29 bits per heavy atom. The second kappa shape index (κ2) is 6.71. The Hall–Kier alpha value is -1.62. The lowest BCUT2D eigenvalue weighted by molar-refractivity contribution is -0.119. The minimum atomic E-state index is 0.109. The van der Waals surface area contributed by atoms with Crippen LogP contribution >= 0.6 is 11.8 Å². The highest BCUT2D eigenvalue weighted by atomic mass is 32.2. The fourth-order valence-electron chi connectivity index (χ4n) is 4.54. The number of amides is 1. The number of carbonyl (C=O) groups excluding carboxylic acids is 1. The van der Waals surface area contributed by atoms with Crippen molar-refractivity contribution in [3.63, 3.8) is 0 Å². The van der Waals surface area contributed by atoms with Crippen LogP contribution in [0.3, 0.4) is 0 Å². The smallest absolute Gasteiger partial charge is 0.230 e. The molecule has 2 aromatic rings. The van der Waals surface area contributed by atoms with Gasteiger partial charge in [-0.3, -0.25) is 4.79 Å². The molecule has 0 aliphatic heterocycles. The SMILES string of the molecule is CC(NC(=O)CSc1ncnc2ccccc12)C1CC2CCC1C2. The third-order valence-corrected chi connectivity index (χ3v) is 6.68. The second-order valence-electron chi connectivity index (χ2n) is 7.18. The van der Waals surface area contributed by atoms with E-state index in [4.69, 9.17) is 0 Å². The summed E-state index contributed by atoms with van der Waals surface area (Å²) < 4.78 is 0. The summed E-state index contributed by atoms with van der Waals surface area (Å²) in [5.74, 6) is 2.95. The van der Waals surface area contributed by atoms with Crippen molar-refractivity contribution >= 4 is 28.6 Å². The van der Waals surface area contributed by atoms with Crippen LogP contribution in [0, 0.1) is 17.8 Å². The van der Waals surface area contributed by atoms with Crippen molar-refractivity contribution in [1.82, 2.24) is 15.3 Å². The lowest BCUT2D eigenvalue weighted by Crippen LogP contribution is -2.40. The van der Waals surface area contributed by atoms with E-state index in [0.29, 0.717) is 11.7 Å². The first-order valence-electron chi connectivity index (χ1n) is 8.82. The first-order valence-corrected chi connectivity index (χ1v) is 9.81. The highest BCUT2D eigenvalue weighted by Gasteiger charge is 2.42. The van der Waals surface area contributed by atoms with Crippen LogP contribution in [0.1, 0.15) is 32.6 Å². The van der Waals surface area contributed by atoms with Crippen LogP contribution in [0.2, 0.25) is 0 Å². The number of para-hydroxylation sites is 1. The van der Waals surface area contributed by atoms with Crippen LogP contribution in [0.4, 0.5) is 0 Å². The van der Waals surface area contributed by atoms with Gasteiger partial charge in [0, 0.05) is 11.4 Å². The van der Waals surface area contributed by atoms with Gasteiger partial charge in [0.25, 0.3) is 0 Å². The van der Waals surface area contributed by atoms with E-state index in [-0.39, 0.29) is 11.9 Å². The number of carbonyl (C=O) groups is 1. The zero-order valence-corrected chi connectivity index (χ0v) is 14.8. The largest absolute Gasteiger partial charge is 0.353 e. The minimum Gasteiger partial charge on any atom is -0.353 e. The first-order chi connectivity index (χ1) is 11.7. The van der Waals surface area contributed by atoms with Crippen LogP contribution in [-0.2, 0) is 4.79 Å². The summed E-state index contributed by atoms with van der Waals surface area (Å²) in [6, 6.07) is 8.21.